The van der Waals surface area contributed by atoms with Crippen molar-refractivity contribution in [1.29, 1.82) is 0 Å². The van der Waals surface area contributed by atoms with E-state index in [2.05, 4.69) is 5.32 Å². The Morgan fingerprint density at radius 1 is 0.973 bits per heavy atom. The van der Waals surface area contributed by atoms with Crippen molar-refractivity contribution in [2.45, 2.75) is 56.1 Å². The number of fused-ring (bicyclic) bond motifs is 1. The predicted molar refractivity (Wildman–Crippen MR) is 131 cm³/mol. The van der Waals surface area contributed by atoms with Crippen LogP contribution in [-0.4, -0.2) is 43.7 Å². The highest BCUT2D eigenvalue weighted by molar-refractivity contribution is 7.89. The van der Waals surface area contributed by atoms with Crippen LogP contribution < -0.4 is 10.2 Å². The van der Waals surface area contributed by atoms with Gasteiger partial charge in [-0.2, -0.15) is 17.5 Å². The zero-order valence-electron chi connectivity index (χ0n) is 20.3. The van der Waals surface area contributed by atoms with Crippen LogP contribution in [0, 0.1) is 11.8 Å². The Morgan fingerprint density at radius 3 is 2.32 bits per heavy atom. The molecular formula is C26H28F3N3O4S. The summed E-state index contributed by atoms with van der Waals surface area (Å²) in [7, 11) is -3.80. The lowest BCUT2D eigenvalue weighted by Gasteiger charge is -2.30. The number of nitrogens with zero attached hydrogens (tertiary/aromatic N) is 2. The van der Waals surface area contributed by atoms with Crippen molar-refractivity contribution in [3.05, 3.63) is 53.6 Å². The Balaban J connectivity index is 1.23. The predicted octanol–water partition coefficient (Wildman–Crippen LogP) is 4.43. The summed E-state index contributed by atoms with van der Waals surface area (Å²) in [6, 6.07) is 9.30. The first-order chi connectivity index (χ1) is 17.4. The van der Waals surface area contributed by atoms with Crippen LogP contribution in [0.4, 0.5) is 24.5 Å². The summed E-state index contributed by atoms with van der Waals surface area (Å²) in [5.74, 6) is -0.761. The highest BCUT2D eigenvalue weighted by Gasteiger charge is 2.40. The third-order valence-electron chi connectivity index (χ3n) is 7.35. The summed E-state index contributed by atoms with van der Waals surface area (Å²) in [4.78, 5) is 27.3. The lowest BCUT2D eigenvalue weighted by atomic mass is 9.97. The third-order valence-corrected chi connectivity index (χ3v) is 9.25. The van der Waals surface area contributed by atoms with Crippen LogP contribution in [-0.2, 0) is 32.2 Å². The molecule has 0 unspecified atom stereocenters. The van der Waals surface area contributed by atoms with E-state index in [9.17, 15) is 31.2 Å². The van der Waals surface area contributed by atoms with Crippen molar-refractivity contribution in [3.63, 3.8) is 0 Å². The van der Waals surface area contributed by atoms with Gasteiger partial charge in [0.2, 0.25) is 21.8 Å². The second kappa shape index (κ2) is 9.43. The number of carbonyl (C=O) groups excluding carboxylic acids is 2. The molecule has 1 saturated heterocycles. The van der Waals surface area contributed by atoms with Gasteiger partial charge in [0.05, 0.1) is 10.5 Å². The van der Waals surface area contributed by atoms with Gasteiger partial charge >= 0.3 is 6.18 Å². The van der Waals surface area contributed by atoms with Crippen molar-refractivity contribution in [1.82, 2.24) is 4.31 Å². The molecule has 2 amide bonds. The van der Waals surface area contributed by atoms with E-state index in [0.717, 1.165) is 36.2 Å². The second-order valence-electron chi connectivity index (χ2n) is 10.1. The number of piperidine rings is 1. The molecule has 0 bridgehead atoms. The van der Waals surface area contributed by atoms with E-state index in [-0.39, 0.29) is 54.4 Å². The highest BCUT2D eigenvalue weighted by atomic mass is 32.2. The number of hydrogen-bond acceptors (Lipinski definition) is 4. The molecule has 0 spiro atoms. The molecule has 2 aromatic carbocycles. The number of alkyl halides is 3. The minimum atomic E-state index is -4.51. The molecule has 37 heavy (non-hydrogen) atoms. The molecule has 5 rings (SSSR count). The standard InChI is InChI=1S/C26H28F3N3O4S/c1-16-13-19-14-22(7-8-23(19)32(16)25(34)18-5-6-18)37(35,36)31-11-9-17(10-12-31)24(33)30-21-4-2-3-20(15-21)26(27,28)29/h2-4,7-8,14-18H,5-6,9-13H2,1H3,(H,30,33)/t16-/m0/s1. The molecule has 0 radical (unpaired) electrons. The molecule has 7 nitrogen and oxygen atoms in total. The minimum absolute atomic E-state index is 0.0212. The number of hydrogen-bond donors (Lipinski definition) is 1. The molecule has 3 aliphatic rings. The molecule has 2 fully saturated rings. The van der Waals surface area contributed by atoms with Crippen molar-refractivity contribution in [3.8, 4) is 0 Å². The Labute approximate surface area is 213 Å². The average Bonchev–Trinajstić information content (AvgIpc) is 3.65. The fraction of sp³-hybridized carbons (Fsp3) is 0.462. The summed E-state index contributed by atoms with van der Waals surface area (Å²) >= 11 is 0. The first-order valence-corrected chi connectivity index (χ1v) is 13.8. The van der Waals surface area contributed by atoms with Crippen molar-refractivity contribution in [2.75, 3.05) is 23.3 Å². The zero-order chi connectivity index (χ0) is 26.5. The van der Waals surface area contributed by atoms with Crippen LogP contribution in [0.25, 0.3) is 0 Å². The molecular weight excluding hydrogens is 507 g/mol. The average molecular weight is 536 g/mol. The maximum Gasteiger partial charge on any atom is 0.416 e. The van der Waals surface area contributed by atoms with Gasteiger partial charge < -0.3 is 10.2 Å². The van der Waals surface area contributed by atoms with E-state index in [0.29, 0.717) is 6.42 Å². The third kappa shape index (κ3) is 5.11. The van der Waals surface area contributed by atoms with E-state index < -0.39 is 33.6 Å². The molecule has 1 aliphatic carbocycles. The first-order valence-electron chi connectivity index (χ1n) is 12.4. The van der Waals surface area contributed by atoms with E-state index in [1.165, 1.54) is 22.5 Å². The summed E-state index contributed by atoms with van der Waals surface area (Å²) in [6.45, 7) is 2.22. The van der Waals surface area contributed by atoms with Gasteiger partial charge in [-0.15, -0.1) is 0 Å². The van der Waals surface area contributed by atoms with E-state index in [1.807, 2.05) is 6.92 Å². The van der Waals surface area contributed by atoms with Gasteiger partial charge in [-0.1, -0.05) is 6.07 Å². The normalized spacial score (nSPS) is 21.1. The van der Waals surface area contributed by atoms with Crippen molar-refractivity contribution < 1.29 is 31.2 Å². The molecule has 2 aromatic rings. The number of amides is 2. The summed E-state index contributed by atoms with van der Waals surface area (Å²) < 4.78 is 66.9. The van der Waals surface area contributed by atoms with E-state index in [4.69, 9.17) is 0 Å². The Morgan fingerprint density at radius 2 is 1.68 bits per heavy atom. The van der Waals surface area contributed by atoms with Crippen LogP contribution in [0.5, 0.6) is 0 Å². The second-order valence-corrected chi connectivity index (χ2v) is 12.0. The summed E-state index contributed by atoms with van der Waals surface area (Å²) in [5, 5.41) is 2.53. The molecule has 1 atom stereocenters. The molecule has 1 saturated carbocycles. The van der Waals surface area contributed by atoms with Gasteiger partial charge in [0.15, 0.2) is 0 Å². The number of anilines is 2. The SMILES string of the molecule is C[C@H]1Cc2cc(S(=O)(=O)N3CCC(C(=O)Nc4cccc(C(F)(F)F)c4)CC3)ccc2N1C(=O)C1CC1. The maximum absolute atomic E-state index is 13.3. The molecule has 1 N–H and O–H groups in total. The van der Waals surface area contributed by atoms with Gasteiger partial charge in [0.1, 0.15) is 0 Å². The smallest absolute Gasteiger partial charge is 0.326 e. The number of nitrogens with one attached hydrogen (secondary N) is 1. The van der Waals surface area contributed by atoms with Crippen LogP contribution >= 0.6 is 0 Å². The van der Waals surface area contributed by atoms with Crippen LogP contribution in [0.1, 0.15) is 43.7 Å². The van der Waals surface area contributed by atoms with E-state index in [1.54, 1.807) is 17.0 Å². The Hall–Kier alpha value is -2.92. The summed E-state index contributed by atoms with van der Waals surface area (Å²) in [5.41, 5.74) is 0.803. The van der Waals surface area contributed by atoms with Crippen LogP contribution in [0.15, 0.2) is 47.4 Å². The van der Waals surface area contributed by atoms with Gasteiger partial charge in [-0.05, 0) is 81.0 Å². The summed E-state index contributed by atoms with van der Waals surface area (Å²) in [6.07, 6.45) is -1.60. The van der Waals surface area contributed by atoms with Crippen molar-refractivity contribution >= 4 is 33.2 Å². The van der Waals surface area contributed by atoms with E-state index >= 15 is 0 Å². The molecule has 2 aliphatic heterocycles. The van der Waals surface area contributed by atoms with Crippen molar-refractivity contribution in [2.24, 2.45) is 11.8 Å². The van der Waals surface area contributed by atoms with Gasteiger partial charge in [0, 0.05) is 42.3 Å². The number of carbonyl (C=O) groups is 2. The lowest BCUT2D eigenvalue weighted by molar-refractivity contribution is -0.137. The highest BCUT2D eigenvalue weighted by Crippen LogP contribution is 2.40. The fourth-order valence-corrected chi connectivity index (χ4v) is 6.68. The molecule has 11 heteroatoms. The number of sulfonamides is 1. The first kappa shape index (κ1) is 25.7. The molecule has 198 valence electrons. The minimum Gasteiger partial charge on any atom is -0.326 e. The van der Waals surface area contributed by atoms with Gasteiger partial charge in [-0.25, -0.2) is 8.42 Å². The zero-order valence-corrected chi connectivity index (χ0v) is 21.1. The molecule has 0 aromatic heterocycles. The molecule has 2 heterocycles. The van der Waals surface area contributed by atoms with Crippen LogP contribution in [0.2, 0.25) is 0 Å². The number of rotatable bonds is 5. The lowest BCUT2D eigenvalue weighted by Crippen LogP contribution is -2.41. The Kier molecular flexibility index (Phi) is 6.56. The van der Waals surface area contributed by atoms with Gasteiger partial charge in [0.25, 0.3) is 0 Å². The Bertz CT molecular complexity index is 1330. The van der Waals surface area contributed by atoms with Crippen LogP contribution in [0.3, 0.4) is 0 Å². The quantitative estimate of drug-likeness (QED) is 0.614. The maximum atomic E-state index is 13.3. The fourth-order valence-electron chi connectivity index (χ4n) is 5.16. The number of halogens is 3. The van der Waals surface area contributed by atoms with Gasteiger partial charge in [-0.3, -0.25) is 9.59 Å². The largest absolute Gasteiger partial charge is 0.416 e. The monoisotopic (exact) mass is 535 g/mol. The number of benzene rings is 2. The topological polar surface area (TPSA) is 86.8 Å².